The van der Waals surface area contributed by atoms with Crippen LogP contribution in [-0.4, -0.2) is 0 Å². The van der Waals surface area contributed by atoms with Crippen LogP contribution in [-0.2, 0) is 0 Å². The first kappa shape index (κ1) is 20.1. The van der Waals surface area contributed by atoms with Crippen molar-refractivity contribution in [2.75, 3.05) is 0 Å². The molecule has 0 heteroatoms. The molecule has 9 aromatic rings. The Bertz CT molecular complexity index is 2960. The van der Waals surface area contributed by atoms with Crippen LogP contribution in [0, 0.1) is 0 Å². The minimum Gasteiger partial charge on any atom is -0.0622 e. The van der Waals surface area contributed by atoms with Crippen molar-refractivity contribution < 1.29 is 9.60 Å². The first-order valence-corrected chi connectivity index (χ1v) is 15.4. The van der Waals surface area contributed by atoms with Crippen LogP contribution in [0.5, 0.6) is 0 Å². The smallest absolute Gasteiger partial charge is 0.0622 e. The molecule has 0 aliphatic carbocycles. The molecule has 0 spiro atoms. The third-order valence-corrected chi connectivity index (χ3v) is 8.86. The van der Waals surface area contributed by atoms with Crippen molar-refractivity contribution in [2.45, 2.75) is 0 Å². The normalized spacial score (nSPS) is 13.6. The molecule has 46 heavy (non-hydrogen) atoms. The topological polar surface area (TPSA) is 0 Å². The van der Waals surface area contributed by atoms with E-state index in [1.54, 1.807) is 0 Å². The zero-order valence-corrected chi connectivity index (χ0v) is 24.8. The molecule has 0 atom stereocenters. The number of rotatable bonds is 4. The Balaban J connectivity index is 1.49. The van der Waals surface area contributed by atoms with Gasteiger partial charge >= 0.3 is 0 Å². The molecular formula is C46H30. The zero-order chi connectivity index (χ0) is 36.5. The minimum absolute atomic E-state index is 0.0254. The van der Waals surface area contributed by atoms with Crippen LogP contribution < -0.4 is 0 Å². The highest BCUT2D eigenvalue weighted by Gasteiger charge is 2.18. The third-order valence-electron chi connectivity index (χ3n) is 8.86. The number of hydrogen-bond donors (Lipinski definition) is 0. The van der Waals surface area contributed by atoms with Crippen LogP contribution in [0.4, 0.5) is 0 Å². The molecule has 0 bridgehead atoms. The molecule has 0 aliphatic rings. The average molecular weight is 590 g/mol. The molecule has 0 amide bonds. The fourth-order valence-corrected chi connectivity index (χ4v) is 6.70. The van der Waals surface area contributed by atoms with Gasteiger partial charge in [0.2, 0.25) is 0 Å². The lowest BCUT2D eigenvalue weighted by Gasteiger charge is -2.19. The number of fused-ring (bicyclic) bond motifs is 4. The van der Waals surface area contributed by atoms with E-state index in [4.69, 9.17) is 2.74 Å². The first-order chi connectivity index (χ1) is 25.7. The molecule has 214 valence electrons. The van der Waals surface area contributed by atoms with E-state index in [9.17, 15) is 6.85 Å². The lowest BCUT2D eigenvalue weighted by atomic mass is 9.84. The van der Waals surface area contributed by atoms with Crippen molar-refractivity contribution in [1.82, 2.24) is 0 Å². The van der Waals surface area contributed by atoms with Gasteiger partial charge in [-0.3, -0.25) is 0 Å². The standard InChI is InChI=1S/C46H30/c1-2-14-33(15-3-1)45-41-21-8-9-22-42(41)46(38-19-10-18-35(29-38)36-25-24-31-12-4-5-16-34(31)28-36)43-27-26-37(30-44(43)45)40-23-11-17-32-13-6-7-20-39(32)40/h1-30H/i8D,9D,21D,22D,26D,27D,30D. The highest BCUT2D eigenvalue weighted by Crippen LogP contribution is 2.45. The summed E-state index contributed by atoms with van der Waals surface area (Å²) >= 11 is 0. The Morgan fingerprint density at radius 1 is 0.326 bits per heavy atom. The molecule has 0 saturated heterocycles. The van der Waals surface area contributed by atoms with Crippen molar-refractivity contribution in [2.24, 2.45) is 0 Å². The maximum Gasteiger partial charge on any atom is 0.0636 e. The highest BCUT2D eigenvalue weighted by molar-refractivity contribution is 6.22. The Hall–Kier alpha value is -5.98. The molecule has 0 unspecified atom stereocenters. The summed E-state index contributed by atoms with van der Waals surface area (Å²) in [7, 11) is 0. The maximum atomic E-state index is 9.99. The minimum atomic E-state index is -0.385. The quantitative estimate of drug-likeness (QED) is 0.179. The monoisotopic (exact) mass is 589 g/mol. The molecule has 0 nitrogen and oxygen atoms in total. The van der Waals surface area contributed by atoms with Gasteiger partial charge in [-0.25, -0.2) is 0 Å². The maximum absolute atomic E-state index is 9.99. The van der Waals surface area contributed by atoms with Crippen LogP contribution >= 0.6 is 0 Å². The summed E-state index contributed by atoms with van der Waals surface area (Å²) in [4.78, 5) is 0. The summed E-state index contributed by atoms with van der Waals surface area (Å²) in [5, 5.41) is 5.18. The Labute approximate surface area is 278 Å². The predicted molar refractivity (Wildman–Crippen MR) is 198 cm³/mol. The third kappa shape index (κ3) is 4.38. The van der Waals surface area contributed by atoms with Gasteiger partial charge in [-0.2, -0.15) is 0 Å². The fraction of sp³-hybridized carbons (Fsp3) is 0. The molecule has 0 aliphatic heterocycles. The lowest BCUT2D eigenvalue weighted by molar-refractivity contribution is 1.62. The summed E-state index contributed by atoms with van der Waals surface area (Å²) < 4.78 is 65.6. The van der Waals surface area contributed by atoms with Gasteiger partial charge in [-0.05, 0) is 106 Å². The van der Waals surface area contributed by atoms with Crippen LogP contribution in [0.1, 0.15) is 9.60 Å². The molecule has 0 heterocycles. The summed E-state index contributed by atoms with van der Waals surface area (Å²) in [6.07, 6.45) is 0. The molecule has 0 aromatic heterocycles. The zero-order valence-electron chi connectivity index (χ0n) is 31.8. The van der Waals surface area contributed by atoms with Gasteiger partial charge in [0, 0.05) is 0 Å². The fourth-order valence-electron chi connectivity index (χ4n) is 6.70. The molecule has 0 fully saturated rings. The van der Waals surface area contributed by atoms with Crippen LogP contribution in [0.25, 0.3) is 87.6 Å². The number of hydrogen-bond acceptors (Lipinski definition) is 0. The summed E-state index contributed by atoms with van der Waals surface area (Å²) in [6, 6.07) is 43.6. The van der Waals surface area contributed by atoms with E-state index >= 15 is 0 Å². The van der Waals surface area contributed by atoms with Crippen molar-refractivity contribution in [1.29, 1.82) is 0 Å². The van der Waals surface area contributed by atoms with E-state index in [0.29, 0.717) is 44.2 Å². The molecule has 0 radical (unpaired) electrons. The van der Waals surface area contributed by atoms with Crippen molar-refractivity contribution in [3.8, 4) is 44.5 Å². The summed E-state index contributed by atoms with van der Waals surface area (Å²) in [6.45, 7) is 0. The second-order valence-corrected chi connectivity index (χ2v) is 11.5. The van der Waals surface area contributed by atoms with Crippen LogP contribution in [0.15, 0.2) is 182 Å². The molecule has 0 saturated carbocycles. The van der Waals surface area contributed by atoms with Crippen LogP contribution in [0.3, 0.4) is 0 Å². The summed E-state index contributed by atoms with van der Waals surface area (Å²) in [5.74, 6) is 0. The Morgan fingerprint density at radius 3 is 1.78 bits per heavy atom. The van der Waals surface area contributed by atoms with Gasteiger partial charge in [-0.1, -0.05) is 164 Å². The SMILES string of the molecule is [2H]c1c([2H])c([2H])c2c(-c3ccccc3)c3c([2H])c(-c4cccc5ccccc45)c([2H])c([2H])c3c(-c3cccc(-c4ccc5ccccc5c4)c3)c2c1[2H]. The van der Waals surface area contributed by atoms with Gasteiger partial charge in [0.1, 0.15) is 0 Å². The van der Waals surface area contributed by atoms with Gasteiger partial charge < -0.3 is 0 Å². The van der Waals surface area contributed by atoms with Gasteiger partial charge in [0.15, 0.2) is 0 Å². The second-order valence-electron chi connectivity index (χ2n) is 11.5. The van der Waals surface area contributed by atoms with Crippen molar-refractivity contribution >= 4 is 43.1 Å². The first-order valence-electron chi connectivity index (χ1n) is 18.9. The Kier molecular flexibility index (Phi) is 4.76. The van der Waals surface area contributed by atoms with E-state index in [1.165, 1.54) is 0 Å². The van der Waals surface area contributed by atoms with E-state index in [-0.39, 0.29) is 53.1 Å². The van der Waals surface area contributed by atoms with Gasteiger partial charge in [-0.15, -0.1) is 0 Å². The van der Waals surface area contributed by atoms with Gasteiger partial charge in [0.05, 0.1) is 9.60 Å². The summed E-state index contributed by atoms with van der Waals surface area (Å²) in [5.41, 5.74) is 4.93. The predicted octanol–water partition coefficient (Wildman–Crippen LogP) is 13.0. The molecule has 0 N–H and O–H groups in total. The molecular weight excluding hydrogens is 553 g/mol. The Morgan fingerprint density at radius 2 is 0.935 bits per heavy atom. The van der Waals surface area contributed by atoms with E-state index in [1.807, 2.05) is 109 Å². The van der Waals surface area contributed by atoms with E-state index in [0.717, 1.165) is 32.7 Å². The van der Waals surface area contributed by atoms with Crippen molar-refractivity contribution in [3.05, 3.63) is 182 Å². The molecule has 9 aromatic carbocycles. The van der Waals surface area contributed by atoms with Crippen molar-refractivity contribution in [3.63, 3.8) is 0 Å². The van der Waals surface area contributed by atoms with Gasteiger partial charge in [0.25, 0.3) is 0 Å². The average Bonchev–Trinajstić information content (AvgIpc) is 3.20. The second kappa shape index (κ2) is 10.9. The lowest BCUT2D eigenvalue weighted by Crippen LogP contribution is -1.92. The van der Waals surface area contributed by atoms with E-state index in [2.05, 4.69) is 30.3 Å². The largest absolute Gasteiger partial charge is 0.0636 e. The van der Waals surface area contributed by atoms with Crippen LogP contribution in [0.2, 0.25) is 0 Å². The highest BCUT2D eigenvalue weighted by atomic mass is 14.2. The molecule has 9 rings (SSSR count). The van der Waals surface area contributed by atoms with E-state index < -0.39 is 0 Å². The number of benzene rings is 9.